The van der Waals surface area contributed by atoms with E-state index in [9.17, 15) is 13.6 Å². The fourth-order valence-electron chi connectivity index (χ4n) is 3.43. The average Bonchev–Trinajstić information content (AvgIpc) is 3.04. The van der Waals surface area contributed by atoms with Crippen molar-refractivity contribution >= 4 is 5.91 Å². The minimum Gasteiger partial charge on any atom is -0.358 e. The molecule has 0 aliphatic carbocycles. The predicted molar refractivity (Wildman–Crippen MR) is 96.3 cm³/mol. The quantitative estimate of drug-likeness (QED) is 0.833. The van der Waals surface area contributed by atoms with Gasteiger partial charge in [0.15, 0.2) is 0 Å². The number of nitrogens with one attached hydrogen (secondary N) is 2. The van der Waals surface area contributed by atoms with Gasteiger partial charge < -0.3 is 10.6 Å². The normalized spacial score (nSPS) is 20.3. The lowest BCUT2D eigenvalue weighted by Crippen LogP contribution is -2.41. The van der Waals surface area contributed by atoms with Gasteiger partial charge in [0.1, 0.15) is 11.6 Å². The molecule has 2 aromatic rings. The van der Waals surface area contributed by atoms with Crippen LogP contribution in [-0.2, 0) is 17.9 Å². The number of rotatable bonds is 6. The van der Waals surface area contributed by atoms with E-state index in [0.717, 1.165) is 5.56 Å². The van der Waals surface area contributed by atoms with Crippen molar-refractivity contribution in [1.82, 2.24) is 15.5 Å². The summed E-state index contributed by atoms with van der Waals surface area (Å²) < 4.78 is 27.6. The number of halogens is 2. The Balaban J connectivity index is 1.67. The molecule has 138 valence electrons. The highest BCUT2D eigenvalue weighted by Gasteiger charge is 2.36. The summed E-state index contributed by atoms with van der Waals surface area (Å²) in [4.78, 5) is 14.3. The SMILES string of the molecule is CNC(=O)[C@@H]1C[C@H](NCc2c(F)cccc2F)CN1Cc1ccccc1. The molecule has 4 nitrogen and oxygen atoms in total. The van der Waals surface area contributed by atoms with Crippen LogP contribution in [0, 0.1) is 11.6 Å². The van der Waals surface area contributed by atoms with Crippen molar-refractivity contribution < 1.29 is 13.6 Å². The largest absolute Gasteiger partial charge is 0.358 e. The van der Waals surface area contributed by atoms with Gasteiger partial charge in [-0.3, -0.25) is 9.69 Å². The third-order valence-corrected chi connectivity index (χ3v) is 4.81. The van der Waals surface area contributed by atoms with E-state index in [-0.39, 0.29) is 30.1 Å². The fourth-order valence-corrected chi connectivity index (χ4v) is 3.43. The number of nitrogens with zero attached hydrogens (tertiary/aromatic N) is 1. The van der Waals surface area contributed by atoms with Crippen molar-refractivity contribution in [3.05, 3.63) is 71.3 Å². The lowest BCUT2D eigenvalue weighted by Gasteiger charge is -2.22. The molecule has 1 aliphatic heterocycles. The number of hydrogen-bond acceptors (Lipinski definition) is 3. The van der Waals surface area contributed by atoms with E-state index in [0.29, 0.717) is 19.5 Å². The minimum atomic E-state index is -0.556. The van der Waals surface area contributed by atoms with E-state index >= 15 is 0 Å². The van der Waals surface area contributed by atoms with Gasteiger partial charge >= 0.3 is 0 Å². The molecule has 0 saturated carbocycles. The maximum absolute atomic E-state index is 13.8. The number of benzene rings is 2. The summed E-state index contributed by atoms with van der Waals surface area (Å²) in [7, 11) is 1.62. The Kier molecular flexibility index (Phi) is 5.96. The first-order chi connectivity index (χ1) is 12.6. The van der Waals surface area contributed by atoms with Gasteiger partial charge in [0, 0.05) is 38.3 Å². The molecule has 2 atom stereocenters. The van der Waals surface area contributed by atoms with Crippen molar-refractivity contribution in [2.24, 2.45) is 0 Å². The Bertz CT molecular complexity index is 734. The molecule has 1 fully saturated rings. The second-order valence-electron chi connectivity index (χ2n) is 6.56. The van der Waals surface area contributed by atoms with Gasteiger partial charge in [-0.15, -0.1) is 0 Å². The maximum atomic E-state index is 13.8. The van der Waals surface area contributed by atoms with Gasteiger partial charge in [0.05, 0.1) is 6.04 Å². The Labute approximate surface area is 152 Å². The smallest absolute Gasteiger partial charge is 0.237 e. The first-order valence-corrected chi connectivity index (χ1v) is 8.74. The van der Waals surface area contributed by atoms with Gasteiger partial charge in [-0.2, -0.15) is 0 Å². The molecular weight excluding hydrogens is 336 g/mol. The molecule has 26 heavy (non-hydrogen) atoms. The summed E-state index contributed by atoms with van der Waals surface area (Å²) in [5, 5.41) is 5.91. The maximum Gasteiger partial charge on any atom is 0.237 e. The number of carbonyl (C=O) groups is 1. The Morgan fingerprint density at radius 3 is 2.46 bits per heavy atom. The highest BCUT2D eigenvalue weighted by atomic mass is 19.1. The molecule has 0 radical (unpaired) electrons. The summed E-state index contributed by atoms with van der Waals surface area (Å²) in [6, 6.07) is 13.5. The zero-order chi connectivity index (χ0) is 18.5. The first-order valence-electron chi connectivity index (χ1n) is 8.74. The van der Waals surface area contributed by atoms with E-state index in [1.165, 1.54) is 18.2 Å². The summed E-state index contributed by atoms with van der Waals surface area (Å²) in [6.07, 6.45) is 0.600. The van der Waals surface area contributed by atoms with Crippen molar-refractivity contribution in [3.8, 4) is 0 Å². The van der Waals surface area contributed by atoms with Crippen LogP contribution < -0.4 is 10.6 Å². The topological polar surface area (TPSA) is 44.4 Å². The van der Waals surface area contributed by atoms with Crippen LogP contribution in [0.3, 0.4) is 0 Å². The molecule has 1 aliphatic rings. The molecule has 6 heteroatoms. The minimum absolute atomic E-state index is 0.0139. The lowest BCUT2D eigenvalue weighted by atomic mass is 10.1. The molecule has 0 unspecified atom stereocenters. The summed E-state index contributed by atoms with van der Waals surface area (Å²) >= 11 is 0. The Morgan fingerprint density at radius 1 is 1.12 bits per heavy atom. The molecular formula is C20H23F2N3O. The van der Waals surface area contributed by atoms with Crippen molar-refractivity contribution in [1.29, 1.82) is 0 Å². The van der Waals surface area contributed by atoms with E-state index in [4.69, 9.17) is 0 Å². The van der Waals surface area contributed by atoms with Crippen molar-refractivity contribution in [3.63, 3.8) is 0 Å². The van der Waals surface area contributed by atoms with Crippen LogP contribution >= 0.6 is 0 Å². The number of hydrogen-bond donors (Lipinski definition) is 2. The van der Waals surface area contributed by atoms with Crippen LogP contribution in [0.2, 0.25) is 0 Å². The molecule has 1 amide bonds. The summed E-state index contributed by atoms with van der Waals surface area (Å²) in [6.45, 7) is 1.40. The fraction of sp³-hybridized carbons (Fsp3) is 0.350. The molecule has 1 heterocycles. The molecule has 2 N–H and O–H groups in total. The number of likely N-dealkylation sites (tertiary alicyclic amines) is 1. The van der Waals surface area contributed by atoms with Crippen LogP contribution in [-0.4, -0.2) is 36.5 Å². The van der Waals surface area contributed by atoms with Crippen molar-refractivity contribution in [2.45, 2.75) is 31.6 Å². The van der Waals surface area contributed by atoms with Crippen molar-refractivity contribution in [2.75, 3.05) is 13.6 Å². The second kappa shape index (κ2) is 8.38. The number of likely N-dealkylation sites (N-methyl/N-ethyl adjacent to an activating group) is 1. The van der Waals surface area contributed by atoms with E-state index < -0.39 is 11.6 Å². The third kappa shape index (κ3) is 4.26. The lowest BCUT2D eigenvalue weighted by molar-refractivity contribution is -0.125. The summed E-state index contributed by atoms with van der Waals surface area (Å²) in [5.41, 5.74) is 1.16. The molecule has 0 aromatic heterocycles. The van der Waals surface area contributed by atoms with Crippen LogP contribution in [0.15, 0.2) is 48.5 Å². The standard InChI is InChI=1S/C20H23F2N3O/c1-23-20(26)19-10-15(13-25(19)12-14-6-3-2-4-7-14)24-11-16-17(21)8-5-9-18(16)22/h2-9,15,19,24H,10-13H2,1H3,(H,23,26)/t15-,19-/m0/s1. The number of carbonyl (C=O) groups excluding carboxylic acids is 1. The van der Waals surface area contributed by atoms with E-state index in [2.05, 4.69) is 15.5 Å². The van der Waals surface area contributed by atoms with Gasteiger partial charge in [0.25, 0.3) is 0 Å². The zero-order valence-electron chi connectivity index (χ0n) is 14.7. The monoisotopic (exact) mass is 359 g/mol. The second-order valence-corrected chi connectivity index (χ2v) is 6.56. The van der Waals surface area contributed by atoms with Crippen LogP contribution in [0.1, 0.15) is 17.5 Å². The predicted octanol–water partition coefficient (Wildman–Crippen LogP) is 2.44. The number of amides is 1. The molecule has 1 saturated heterocycles. The summed E-state index contributed by atoms with van der Waals surface area (Å²) in [5.74, 6) is -1.15. The van der Waals surface area contributed by atoms with Crippen LogP contribution in [0.4, 0.5) is 8.78 Å². The van der Waals surface area contributed by atoms with Gasteiger partial charge in [-0.05, 0) is 24.1 Å². The molecule has 3 rings (SSSR count). The van der Waals surface area contributed by atoms with Crippen LogP contribution in [0.25, 0.3) is 0 Å². The Hall–Kier alpha value is -2.31. The van der Waals surface area contributed by atoms with Gasteiger partial charge in [0.2, 0.25) is 5.91 Å². The van der Waals surface area contributed by atoms with E-state index in [1.807, 2.05) is 30.3 Å². The average molecular weight is 359 g/mol. The van der Waals surface area contributed by atoms with Gasteiger partial charge in [-0.1, -0.05) is 36.4 Å². The van der Waals surface area contributed by atoms with Crippen LogP contribution in [0.5, 0.6) is 0 Å². The molecule has 2 aromatic carbocycles. The van der Waals surface area contributed by atoms with Gasteiger partial charge in [-0.25, -0.2) is 8.78 Å². The zero-order valence-corrected chi connectivity index (χ0v) is 14.7. The first kappa shape index (κ1) is 18.5. The third-order valence-electron chi connectivity index (χ3n) is 4.81. The Morgan fingerprint density at radius 2 is 1.81 bits per heavy atom. The molecule has 0 spiro atoms. The molecule has 0 bridgehead atoms. The highest BCUT2D eigenvalue weighted by Crippen LogP contribution is 2.22. The van der Waals surface area contributed by atoms with E-state index in [1.54, 1.807) is 7.05 Å². The highest BCUT2D eigenvalue weighted by molar-refractivity contribution is 5.81.